The Kier molecular flexibility index (Phi) is 16.0. The minimum Gasteiger partial charge on any atom is -0.444 e. The number of rotatable bonds is 16. The molecule has 10 nitrogen and oxygen atoms in total. The Morgan fingerprint density at radius 2 is 1.61 bits per heavy atom. The van der Waals surface area contributed by atoms with Gasteiger partial charge in [-0.3, -0.25) is 14.4 Å². The molecule has 0 saturated heterocycles. The smallest absolute Gasteiger partial charge is 0.408 e. The van der Waals surface area contributed by atoms with E-state index >= 15 is 0 Å². The maximum atomic E-state index is 13.8. The van der Waals surface area contributed by atoms with Crippen molar-refractivity contribution in [2.45, 2.75) is 149 Å². The van der Waals surface area contributed by atoms with Gasteiger partial charge in [0.2, 0.25) is 17.7 Å². The van der Waals surface area contributed by atoms with E-state index in [0.29, 0.717) is 31.7 Å². The topological polar surface area (TPSA) is 146 Å². The standard InChI is InChI=1S/C35H60N4O6S/c1-9-14-26(37-32(43)28(21-25-17-13-18-46-25)39-33(44)45-35(6,7)8)31(42)38-27(20-24-15-11-10-12-16-24)29(40)19-23(2)30(41)36-22-34(3,4)5/h13,17-18,23-24,26-29,40H,9-12,14-16,19-22H2,1-8H3,(H,36,41)(H,37,43)(H,38,42)(H,39,44)/t23-,26+,27+,28+,29+/m1/s1. The number of alkyl carbamates (subject to hydrolysis) is 1. The summed E-state index contributed by atoms with van der Waals surface area (Å²) in [5, 5.41) is 24.9. The van der Waals surface area contributed by atoms with Crippen LogP contribution in [-0.4, -0.2) is 65.3 Å². The van der Waals surface area contributed by atoms with Gasteiger partial charge in [0.15, 0.2) is 0 Å². The van der Waals surface area contributed by atoms with Crippen molar-refractivity contribution in [3.05, 3.63) is 22.4 Å². The van der Waals surface area contributed by atoms with Crippen LogP contribution in [0.1, 0.15) is 118 Å². The first-order valence-corrected chi connectivity index (χ1v) is 17.9. The third-order valence-corrected chi connectivity index (χ3v) is 9.04. The molecule has 262 valence electrons. The van der Waals surface area contributed by atoms with Crippen LogP contribution in [0.25, 0.3) is 0 Å². The fourth-order valence-electron chi connectivity index (χ4n) is 5.66. The predicted molar refractivity (Wildman–Crippen MR) is 183 cm³/mol. The Morgan fingerprint density at radius 1 is 0.957 bits per heavy atom. The molecule has 0 bridgehead atoms. The Balaban J connectivity index is 2.18. The molecule has 0 aliphatic heterocycles. The van der Waals surface area contributed by atoms with E-state index in [2.05, 4.69) is 21.3 Å². The van der Waals surface area contributed by atoms with E-state index in [1.807, 2.05) is 45.2 Å². The van der Waals surface area contributed by atoms with Gasteiger partial charge in [0, 0.05) is 23.8 Å². The maximum absolute atomic E-state index is 13.8. The molecule has 1 aliphatic carbocycles. The van der Waals surface area contributed by atoms with Crippen LogP contribution in [0.15, 0.2) is 17.5 Å². The highest BCUT2D eigenvalue weighted by atomic mass is 32.1. The first-order valence-electron chi connectivity index (χ1n) is 17.1. The van der Waals surface area contributed by atoms with Crippen LogP contribution < -0.4 is 21.3 Å². The Morgan fingerprint density at radius 3 is 2.17 bits per heavy atom. The van der Waals surface area contributed by atoms with Gasteiger partial charge in [0.1, 0.15) is 17.7 Å². The highest BCUT2D eigenvalue weighted by Gasteiger charge is 2.33. The summed E-state index contributed by atoms with van der Waals surface area (Å²) in [5.74, 6) is -1.06. The molecule has 1 saturated carbocycles. The highest BCUT2D eigenvalue weighted by Crippen LogP contribution is 2.29. The van der Waals surface area contributed by atoms with Gasteiger partial charge in [-0.2, -0.15) is 0 Å². The molecule has 11 heteroatoms. The number of thiophene rings is 1. The van der Waals surface area contributed by atoms with Gasteiger partial charge in [0.05, 0.1) is 12.1 Å². The molecule has 1 aromatic heterocycles. The summed E-state index contributed by atoms with van der Waals surface area (Å²) in [5.41, 5.74) is -0.799. The van der Waals surface area contributed by atoms with E-state index < -0.39 is 47.7 Å². The van der Waals surface area contributed by atoms with Crippen molar-refractivity contribution in [3.8, 4) is 0 Å². The van der Waals surface area contributed by atoms with E-state index in [0.717, 1.165) is 30.6 Å². The number of ether oxygens (including phenoxy) is 1. The van der Waals surface area contributed by atoms with Crippen LogP contribution in [-0.2, 0) is 25.5 Å². The molecule has 1 fully saturated rings. The van der Waals surface area contributed by atoms with Gasteiger partial charge in [-0.25, -0.2) is 4.79 Å². The zero-order valence-corrected chi connectivity index (χ0v) is 30.2. The predicted octanol–water partition coefficient (Wildman–Crippen LogP) is 5.47. The number of hydrogen-bond donors (Lipinski definition) is 5. The van der Waals surface area contributed by atoms with Crippen LogP contribution in [0.2, 0.25) is 0 Å². The average molecular weight is 665 g/mol. The molecule has 46 heavy (non-hydrogen) atoms. The summed E-state index contributed by atoms with van der Waals surface area (Å²) >= 11 is 1.48. The maximum Gasteiger partial charge on any atom is 0.408 e. The molecular formula is C35H60N4O6S. The molecule has 5 N–H and O–H groups in total. The third-order valence-electron chi connectivity index (χ3n) is 8.14. The molecule has 0 spiro atoms. The van der Waals surface area contributed by atoms with Crippen LogP contribution >= 0.6 is 11.3 Å². The van der Waals surface area contributed by atoms with Gasteiger partial charge in [-0.1, -0.05) is 79.2 Å². The molecule has 4 amide bonds. The normalized spacial score (nSPS) is 17.6. The van der Waals surface area contributed by atoms with E-state index in [1.54, 1.807) is 27.7 Å². The number of aliphatic hydroxyl groups excluding tert-OH is 1. The van der Waals surface area contributed by atoms with Crippen molar-refractivity contribution >= 4 is 35.2 Å². The van der Waals surface area contributed by atoms with Crippen molar-refractivity contribution in [2.75, 3.05) is 6.54 Å². The number of carbonyl (C=O) groups is 4. The van der Waals surface area contributed by atoms with Gasteiger partial charge >= 0.3 is 6.09 Å². The number of hydrogen-bond acceptors (Lipinski definition) is 7. The molecular weight excluding hydrogens is 604 g/mol. The largest absolute Gasteiger partial charge is 0.444 e. The SMILES string of the molecule is CCC[C@H](NC(=O)[C@H](Cc1cccs1)NC(=O)OC(C)(C)C)C(=O)N[C@@H](CC1CCCCC1)[C@@H](O)C[C@@H](C)C(=O)NCC(C)(C)C. The van der Waals surface area contributed by atoms with E-state index in [-0.39, 0.29) is 30.1 Å². The zero-order valence-electron chi connectivity index (χ0n) is 29.4. The minimum atomic E-state index is -0.947. The second-order valence-electron chi connectivity index (χ2n) is 15.2. The number of aliphatic hydroxyl groups is 1. The second kappa shape index (κ2) is 18.6. The monoisotopic (exact) mass is 664 g/mol. The number of carbonyl (C=O) groups excluding carboxylic acids is 4. The quantitative estimate of drug-likeness (QED) is 0.158. The summed E-state index contributed by atoms with van der Waals surface area (Å²) in [6.45, 7) is 15.7. The molecule has 1 aromatic rings. The van der Waals surface area contributed by atoms with Crippen LogP contribution in [0.4, 0.5) is 4.79 Å². The van der Waals surface area contributed by atoms with Gasteiger partial charge in [0.25, 0.3) is 0 Å². The van der Waals surface area contributed by atoms with Crippen molar-refractivity contribution in [1.29, 1.82) is 0 Å². The Labute approximate surface area is 280 Å². The molecule has 1 aliphatic rings. The molecule has 5 atom stereocenters. The van der Waals surface area contributed by atoms with Crippen molar-refractivity contribution in [3.63, 3.8) is 0 Å². The Bertz CT molecular complexity index is 1090. The summed E-state index contributed by atoms with van der Waals surface area (Å²) in [7, 11) is 0. The lowest BCUT2D eigenvalue weighted by Crippen LogP contribution is -2.57. The van der Waals surface area contributed by atoms with Crippen molar-refractivity contribution in [1.82, 2.24) is 21.3 Å². The van der Waals surface area contributed by atoms with Crippen molar-refractivity contribution in [2.24, 2.45) is 17.3 Å². The lowest BCUT2D eigenvalue weighted by atomic mass is 9.82. The molecule has 0 unspecified atom stereocenters. The zero-order chi connectivity index (χ0) is 34.5. The fourth-order valence-corrected chi connectivity index (χ4v) is 6.41. The first-order chi connectivity index (χ1) is 21.5. The van der Waals surface area contributed by atoms with Gasteiger partial charge < -0.3 is 31.1 Å². The molecule has 2 rings (SSSR count). The lowest BCUT2D eigenvalue weighted by molar-refractivity contribution is -0.131. The molecule has 1 heterocycles. The molecule has 0 aromatic carbocycles. The van der Waals surface area contributed by atoms with E-state index in [4.69, 9.17) is 4.74 Å². The average Bonchev–Trinajstić information content (AvgIpc) is 3.47. The second-order valence-corrected chi connectivity index (χ2v) is 16.2. The van der Waals surface area contributed by atoms with E-state index in [1.165, 1.54) is 17.8 Å². The third kappa shape index (κ3) is 15.3. The van der Waals surface area contributed by atoms with Crippen LogP contribution in [0, 0.1) is 17.3 Å². The summed E-state index contributed by atoms with van der Waals surface area (Å²) < 4.78 is 5.41. The summed E-state index contributed by atoms with van der Waals surface area (Å²) in [4.78, 5) is 53.7. The Hall–Kier alpha value is -2.66. The van der Waals surface area contributed by atoms with Crippen LogP contribution in [0.5, 0.6) is 0 Å². The number of amides is 4. The lowest BCUT2D eigenvalue weighted by Gasteiger charge is -2.32. The van der Waals surface area contributed by atoms with Crippen molar-refractivity contribution < 1.29 is 29.0 Å². The van der Waals surface area contributed by atoms with Crippen LogP contribution in [0.3, 0.4) is 0 Å². The fraction of sp³-hybridized carbons (Fsp3) is 0.771. The molecule has 0 radical (unpaired) electrons. The van der Waals surface area contributed by atoms with E-state index in [9.17, 15) is 24.3 Å². The number of nitrogens with one attached hydrogen (secondary N) is 4. The van der Waals surface area contributed by atoms with Gasteiger partial charge in [-0.15, -0.1) is 11.3 Å². The highest BCUT2D eigenvalue weighted by molar-refractivity contribution is 7.09. The first kappa shape index (κ1) is 39.5. The summed E-state index contributed by atoms with van der Waals surface area (Å²) in [6, 6.07) is 1.39. The minimum absolute atomic E-state index is 0.0601. The summed E-state index contributed by atoms with van der Waals surface area (Å²) in [6.07, 6.45) is 5.96. The van der Waals surface area contributed by atoms with Gasteiger partial charge in [-0.05, 0) is 62.8 Å².